The van der Waals surface area contributed by atoms with Crippen LogP contribution in [0.5, 0.6) is 0 Å². The molecule has 0 saturated carbocycles. The van der Waals surface area contributed by atoms with Gasteiger partial charge in [0.15, 0.2) is 0 Å². The van der Waals surface area contributed by atoms with Gasteiger partial charge in [0.2, 0.25) is 5.91 Å². The Balaban J connectivity index is 1.62. The van der Waals surface area contributed by atoms with Gasteiger partial charge < -0.3 is 15.1 Å². The third kappa shape index (κ3) is 5.21. The third-order valence-corrected chi connectivity index (χ3v) is 5.69. The molecule has 0 bridgehead atoms. The number of hydrogen-bond acceptors (Lipinski definition) is 3. The van der Waals surface area contributed by atoms with Crippen molar-refractivity contribution < 1.29 is 4.79 Å². The number of carbonyl (C=O) groups excluding carboxylic acids is 1. The van der Waals surface area contributed by atoms with Crippen LogP contribution in [-0.4, -0.2) is 43.5 Å². The Morgan fingerprint density at radius 2 is 1.89 bits per heavy atom. The van der Waals surface area contributed by atoms with Crippen LogP contribution in [0.3, 0.4) is 0 Å². The van der Waals surface area contributed by atoms with E-state index in [2.05, 4.69) is 50.1 Å². The van der Waals surface area contributed by atoms with Crippen LogP contribution >= 0.6 is 15.9 Å². The highest BCUT2D eigenvalue weighted by Gasteiger charge is 2.16. The fourth-order valence-corrected chi connectivity index (χ4v) is 3.67. The van der Waals surface area contributed by atoms with Crippen LogP contribution in [0.15, 0.2) is 53.0 Å². The summed E-state index contributed by atoms with van der Waals surface area (Å²) >= 11 is 3.49. The van der Waals surface area contributed by atoms with Crippen molar-refractivity contribution >= 4 is 39.3 Å². The van der Waals surface area contributed by atoms with Crippen molar-refractivity contribution in [1.82, 2.24) is 4.90 Å². The minimum Gasteiger partial charge on any atom is -0.369 e. The van der Waals surface area contributed by atoms with Crippen LogP contribution < -0.4 is 10.2 Å². The van der Waals surface area contributed by atoms with E-state index in [9.17, 15) is 4.79 Å². The van der Waals surface area contributed by atoms with Gasteiger partial charge in [0.25, 0.3) is 0 Å². The first kappa shape index (κ1) is 19.6. The maximum atomic E-state index is 12.3. The summed E-state index contributed by atoms with van der Waals surface area (Å²) in [4.78, 5) is 17.2. The summed E-state index contributed by atoms with van der Waals surface area (Å²) in [5.74, 6) is -0.127. The second-order valence-electron chi connectivity index (χ2n) is 6.76. The molecule has 0 aliphatic carbocycles. The summed E-state index contributed by atoms with van der Waals surface area (Å²) in [5.41, 5.74) is 4.14. The third-order valence-electron chi connectivity index (χ3n) is 4.97. The molecule has 27 heavy (non-hydrogen) atoms. The van der Waals surface area contributed by atoms with Crippen molar-refractivity contribution in [2.45, 2.75) is 13.8 Å². The molecule has 0 unspecified atom stereocenters. The summed E-state index contributed by atoms with van der Waals surface area (Å²) < 4.78 is 0.970. The number of amides is 1. The molecule has 0 aromatic heterocycles. The predicted molar refractivity (Wildman–Crippen MR) is 117 cm³/mol. The Bertz CT molecular complexity index is 826. The average molecular weight is 428 g/mol. The van der Waals surface area contributed by atoms with Gasteiger partial charge >= 0.3 is 0 Å². The summed E-state index contributed by atoms with van der Waals surface area (Å²) in [6, 6.07) is 14.1. The first-order chi connectivity index (χ1) is 13.1. The summed E-state index contributed by atoms with van der Waals surface area (Å²) in [7, 11) is 0. The fourth-order valence-electron chi connectivity index (χ4n) is 3.26. The average Bonchev–Trinajstić information content (AvgIpc) is 2.69. The first-order valence-electron chi connectivity index (χ1n) is 9.38. The highest BCUT2D eigenvalue weighted by molar-refractivity contribution is 9.10. The highest BCUT2D eigenvalue weighted by atomic mass is 79.9. The van der Waals surface area contributed by atoms with E-state index in [1.165, 1.54) is 5.69 Å². The number of nitrogens with zero attached hydrogens (tertiary/aromatic N) is 2. The molecule has 0 atom stereocenters. The number of aryl methyl sites for hydroxylation is 1. The van der Waals surface area contributed by atoms with E-state index in [1.807, 2.05) is 43.3 Å². The molecular weight excluding hydrogens is 402 g/mol. The predicted octanol–water partition coefficient (Wildman–Crippen LogP) is 4.55. The van der Waals surface area contributed by atoms with E-state index in [0.717, 1.165) is 54.0 Å². The SMILES string of the molecule is CCN1CCN(c2ccc(NC(=O)/C=C/c3ccccc3Br)c(C)c2)CC1. The molecule has 4 nitrogen and oxygen atoms in total. The van der Waals surface area contributed by atoms with Crippen molar-refractivity contribution in [3.63, 3.8) is 0 Å². The van der Waals surface area contributed by atoms with Crippen LogP contribution in [0.1, 0.15) is 18.1 Å². The molecule has 5 heteroatoms. The Morgan fingerprint density at radius 3 is 2.56 bits per heavy atom. The van der Waals surface area contributed by atoms with Crippen molar-refractivity contribution in [2.24, 2.45) is 0 Å². The van der Waals surface area contributed by atoms with Gasteiger partial charge in [0.1, 0.15) is 0 Å². The van der Waals surface area contributed by atoms with Crippen molar-refractivity contribution in [3.8, 4) is 0 Å². The lowest BCUT2D eigenvalue weighted by atomic mass is 10.1. The van der Waals surface area contributed by atoms with Crippen LogP contribution in [-0.2, 0) is 4.79 Å². The van der Waals surface area contributed by atoms with Gasteiger partial charge in [-0.2, -0.15) is 0 Å². The number of likely N-dealkylation sites (N-methyl/N-ethyl adjacent to an activating group) is 1. The van der Waals surface area contributed by atoms with Gasteiger partial charge in [-0.25, -0.2) is 0 Å². The lowest BCUT2D eigenvalue weighted by molar-refractivity contribution is -0.111. The van der Waals surface area contributed by atoms with Gasteiger partial charge in [-0.1, -0.05) is 41.1 Å². The number of carbonyl (C=O) groups is 1. The number of rotatable bonds is 5. The lowest BCUT2D eigenvalue weighted by Crippen LogP contribution is -2.46. The zero-order valence-electron chi connectivity index (χ0n) is 15.9. The van der Waals surface area contributed by atoms with Gasteiger partial charge in [0, 0.05) is 48.1 Å². The molecule has 0 radical (unpaired) electrons. The molecule has 3 rings (SSSR count). The summed E-state index contributed by atoms with van der Waals surface area (Å²) in [6.07, 6.45) is 3.38. The molecule has 1 aliphatic heterocycles. The van der Waals surface area contributed by atoms with Crippen LogP contribution in [0.2, 0.25) is 0 Å². The van der Waals surface area contributed by atoms with E-state index < -0.39 is 0 Å². The van der Waals surface area contributed by atoms with Gasteiger partial charge in [0.05, 0.1) is 0 Å². The molecule has 2 aromatic carbocycles. The van der Waals surface area contributed by atoms with E-state index >= 15 is 0 Å². The number of nitrogens with one attached hydrogen (secondary N) is 1. The lowest BCUT2D eigenvalue weighted by Gasteiger charge is -2.35. The van der Waals surface area contributed by atoms with E-state index in [4.69, 9.17) is 0 Å². The zero-order valence-corrected chi connectivity index (χ0v) is 17.5. The molecule has 1 aliphatic rings. The monoisotopic (exact) mass is 427 g/mol. The van der Waals surface area contributed by atoms with Crippen molar-refractivity contribution in [3.05, 3.63) is 64.1 Å². The maximum absolute atomic E-state index is 12.3. The van der Waals surface area contributed by atoms with E-state index in [1.54, 1.807) is 6.08 Å². The second-order valence-corrected chi connectivity index (χ2v) is 7.62. The van der Waals surface area contributed by atoms with E-state index in [0.29, 0.717) is 0 Å². The Morgan fingerprint density at radius 1 is 1.15 bits per heavy atom. The Labute approximate surface area is 170 Å². The Kier molecular flexibility index (Phi) is 6.69. The molecular formula is C22H26BrN3O. The molecule has 1 amide bonds. The zero-order chi connectivity index (χ0) is 19.2. The standard InChI is InChI=1S/C22H26BrN3O/c1-3-25-12-14-26(15-13-25)19-9-10-21(17(2)16-19)24-22(27)11-8-18-6-4-5-7-20(18)23/h4-11,16H,3,12-15H2,1-2H3,(H,24,27)/b11-8+. The molecule has 1 fully saturated rings. The smallest absolute Gasteiger partial charge is 0.248 e. The molecule has 142 valence electrons. The van der Waals surface area contributed by atoms with Gasteiger partial charge in [-0.15, -0.1) is 0 Å². The minimum absolute atomic E-state index is 0.127. The highest BCUT2D eigenvalue weighted by Crippen LogP contribution is 2.24. The molecule has 2 aromatic rings. The van der Waals surface area contributed by atoms with Crippen molar-refractivity contribution in [1.29, 1.82) is 0 Å². The molecule has 0 spiro atoms. The van der Waals surface area contributed by atoms with Crippen LogP contribution in [0.25, 0.3) is 6.08 Å². The Hall–Kier alpha value is -2.11. The largest absolute Gasteiger partial charge is 0.369 e. The number of hydrogen-bond donors (Lipinski definition) is 1. The first-order valence-corrected chi connectivity index (χ1v) is 10.2. The number of piperazine rings is 1. The van der Waals surface area contributed by atoms with Gasteiger partial charge in [-0.3, -0.25) is 4.79 Å². The van der Waals surface area contributed by atoms with E-state index in [-0.39, 0.29) is 5.91 Å². The summed E-state index contributed by atoms with van der Waals surface area (Å²) in [6.45, 7) is 9.68. The quantitative estimate of drug-likeness (QED) is 0.710. The number of anilines is 2. The number of halogens is 1. The number of benzene rings is 2. The topological polar surface area (TPSA) is 35.6 Å². The van der Waals surface area contributed by atoms with Crippen LogP contribution in [0, 0.1) is 6.92 Å². The maximum Gasteiger partial charge on any atom is 0.248 e. The minimum atomic E-state index is -0.127. The second kappa shape index (κ2) is 9.20. The van der Waals surface area contributed by atoms with Crippen molar-refractivity contribution in [2.75, 3.05) is 42.9 Å². The normalized spacial score (nSPS) is 15.3. The van der Waals surface area contributed by atoms with Gasteiger partial charge in [-0.05, 0) is 54.9 Å². The molecule has 1 saturated heterocycles. The fraction of sp³-hybridized carbons (Fsp3) is 0.318. The molecule has 1 N–H and O–H groups in total. The molecule has 1 heterocycles. The summed E-state index contributed by atoms with van der Waals surface area (Å²) in [5, 5.41) is 2.98. The van der Waals surface area contributed by atoms with Crippen LogP contribution in [0.4, 0.5) is 11.4 Å².